The molecule has 1 saturated heterocycles. The summed E-state index contributed by atoms with van der Waals surface area (Å²) in [6.07, 6.45) is 5.23. The fourth-order valence-corrected chi connectivity index (χ4v) is 2.66. The summed E-state index contributed by atoms with van der Waals surface area (Å²) in [5.41, 5.74) is 0. The van der Waals surface area contributed by atoms with E-state index in [0.29, 0.717) is 12.1 Å². The third-order valence-corrected chi connectivity index (χ3v) is 4.06. The Balaban J connectivity index is 2.21. The van der Waals surface area contributed by atoms with Gasteiger partial charge in [-0.1, -0.05) is 20.3 Å². The van der Waals surface area contributed by atoms with Crippen molar-refractivity contribution in [2.24, 2.45) is 5.92 Å². The molecule has 1 aliphatic heterocycles. The molecule has 0 bridgehead atoms. The SMILES string of the molecule is CNC(C)C1CCCCN1CCOCCC(C)C. The van der Waals surface area contributed by atoms with E-state index in [2.05, 4.69) is 38.0 Å². The molecule has 0 aliphatic carbocycles. The van der Waals surface area contributed by atoms with Gasteiger partial charge in [-0.2, -0.15) is 0 Å². The molecule has 0 aromatic rings. The normalized spacial score (nSPS) is 23.5. The van der Waals surface area contributed by atoms with Crippen LogP contribution in [0.1, 0.15) is 46.5 Å². The van der Waals surface area contributed by atoms with Crippen LogP contribution in [0.5, 0.6) is 0 Å². The van der Waals surface area contributed by atoms with E-state index in [1.165, 1.54) is 32.2 Å². The van der Waals surface area contributed by atoms with E-state index in [1.807, 2.05) is 0 Å². The fraction of sp³-hybridized carbons (Fsp3) is 1.00. The van der Waals surface area contributed by atoms with Gasteiger partial charge in [0.1, 0.15) is 0 Å². The quantitative estimate of drug-likeness (QED) is 0.675. The molecule has 3 heteroatoms. The third-order valence-electron chi connectivity index (χ3n) is 4.06. The molecule has 2 unspecified atom stereocenters. The van der Waals surface area contributed by atoms with Gasteiger partial charge in [0, 0.05) is 25.2 Å². The van der Waals surface area contributed by atoms with Crippen LogP contribution in [0.25, 0.3) is 0 Å². The number of likely N-dealkylation sites (tertiary alicyclic amines) is 1. The summed E-state index contributed by atoms with van der Waals surface area (Å²) in [7, 11) is 2.07. The second-order valence-corrected chi connectivity index (χ2v) is 5.97. The zero-order valence-corrected chi connectivity index (χ0v) is 12.7. The molecule has 1 aliphatic rings. The Morgan fingerprint density at radius 1 is 1.22 bits per heavy atom. The molecule has 108 valence electrons. The lowest BCUT2D eigenvalue weighted by atomic mass is 9.96. The molecule has 3 nitrogen and oxygen atoms in total. The average Bonchev–Trinajstić information content (AvgIpc) is 2.37. The molecule has 1 rings (SSSR count). The van der Waals surface area contributed by atoms with Crippen molar-refractivity contribution in [3.8, 4) is 0 Å². The molecule has 1 N–H and O–H groups in total. The number of piperidine rings is 1. The van der Waals surface area contributed by atoms with Crippen LogP contribution < -0.4 is 5.32 Å². The van der Waals surface area contributed by atoms with Crippen molar-refractivity contribution in [1.82, 2.24) is 10.2 Å². The number of likely N-dealkylation sites (N-methyl/N-ethyl adjacent to an activating group) is 1. The predicted molar refractivity (Wildman–Crippen MR) is 78.0 cm³/mol. The number of hydrogen-bond donors (Lipinski definition) is 1. The van der Waals surface area contributed by atoms with E-state index in [-0.39, 0.29) is 0 Å². The predicted octanol–water partition coefficient (Wildman–Crippen LogP) is 2.51. The third kappa shape index (κ3) is 5.68. The van der Waals surface area contributed by atoms with Crippen LogP contribution in [0.15, 0.2) is 0 Å². The van der Waals surface area contributed by atoms with Crippen molar-refractivity contribution in [2.45, 2.75) is 58.5 Å². The van der Waals surface area contributed by atoms with Crippen LogP contribution >= 0.6 is 0 Å². The first-order chi connectivity index (χ1) is 8.65. The van der Waals surface area contributed by atoms with Gasteiger partial charge < -0.3 is 10.1 Å². The second-order valence-electron chi connectivity index (χ2n) is 5.97. The van der Waals surface area contributed by atoms with Crippen molar-refractivity contribution >= 4 is 0 Å². The largest absolute Gasteiger partial charge is 0.380 e. The minimum Gasteiger partial charge on any atom is -0.380 e. The molecule has 0 aromatic heterocycles. The Hall–Kier alpha value is -0.120. The number of nitrogens with zero attached hydrogens (tertiary/aromatic N) is 1. The van der Waals surface area contributed by atoms with Gasteiger partial charge in [0.25, 0.3) is 0 Å². The highest BCUT2D eigenvalue weighted by molar-refractivity contribution is 4.84. The first-order valence-electron chi connectivity index (χ1n) is 7.64. The summed E-state index contributed by atoms with van der Waals surface area (Å²) in [5, 5.41) is 3.40. The molecule has 1 heterocycles. The number of rotatable bonds is 8. The van der Waals surface area contributed by atoms with Crippen molar-refractivity contribution in [2.75, 3.05) is 33.4 Å². The molecule has 18 heavy (non-hydrogen) atoms. The maximum absolute atomic E-state index is 5.75. The Morgan fingerprint density at radius 3 is 2.67 bits per heavy atom. The highest BCUT2D eigenvalue weighted by Gasteiger charge is 2.25. The number of hydrogen-bond acceptors (Lipinski definition) is 3. The Morgan fingerprint density at radius 2 is 2.00 bits per heavy atom. The molecule has 0 saturated carbocycles. The lowest BCUT2D eigenvalue weighted by Crippen LogP contribution is -2.51. The van der Waals surface area contributed by atoms with E-state index < -0.39 is 0 Å². The fourth-order valence-electron chi connectivity index (χ4n) is 2.66. The minimum atomic E-state index is 0.584. The van der Waals surface area contributed by atoms with Crippen LogP contribution in [-0.4, -0.2) is 50.3 Å². The summed E-state index contributed by atoms with van der Waals surface area (Å²) >= 11 is 0. The zero-order chi connectivity index (χ0) is 13.4. The molecular weight excluding hydrogens is 224 g/mol. The topological polar surface area (TPSA) is 24.5 Å². The molecule has 0 radical (unpaired) electrons. The maximum atomic E-state index is 5.75. The van der Waals surface area contributed by atoms with Crippen LogP contribution in [0.4, 0.5) is 0 Å². The summed E-state index contributed by atoms with van der Waals surface area (Å²) in [6, 6.07) is 1.28. The smallest absolute Gasteiger partial charge is 0.0593 e. The zero-order valence-electron chi connectivity index (χ0n) is 12.7. The number of ether oxygens (including phenoxy) is 1. The van der Waals surface area contributed by atoms with E-state index >= 15 is 0 Å². The summed E-state index contributed by atoms with van der Waals surface area (Å²) < 4.78 is 5.75. The second kappa shape index (κ2) is 8.89. The Bertz CT molecular complexity index is 209. The highest BCUT2D eigenvalue weighted by Crippen LogP contribution is 2.19. The molecule has 0 amide bonds. The van der Waals surface area contributed by atoms with Gasteiger partial charge in [0.15, 0.2) is 0 Å². The van der Waals surface area contributed by atoms with Crippen molar-refractivity contribution in [3.05, 3.63) is 0 Å². The monoisotopic (exact) mass is 256 g/mol. The van der Waals surface area contributed by atoms with Crippen LogP contribution in [0.3, 0.4) is 0 Å². The molecule has 2 atom stereocenters. The maximum Gasteiger partial charge on any atom is 0.0593 e. The summed E-state index contributed by atoms with van der Waals surface area (Å²) in [4.78, 5) is 2.61. The molecular formula is C15H32N2O. The first-order valence-corrected chi connectivity index (χ1v) is 7.64. The van der Waals surface area contributed by atoms with Gasteiger partial charge in [0.05, 0.1) is 6.61 Å². The van der Waals surface area contributed by atoms with Gasteiger partial charge >= 0.3 is 0 Å². The van der Waals surface area contributed by atoms with E-state index in [9.17, 15) is 0 Å². The van der Waals surface area contributed by atoms with E-state index in [1.54, 1.807) is 0 Å². The van der Waals surface area contributed by atoms with Crippen LogP contribution in [0, 0.1) is 5.92 Å². The van der Waals surface area contributed by atoms with E-state index in [0.717, 1.165) is 25.7 Å². The van der Waals surface area contributed by atoms with Gasteiger partial charge in [-0.3, -0.25) is 4.90 Å². The van der Waals surface area contributed by atoms with Crippen LogP contribution in [-0.2, 0) is 4.74 Å². The van der Waals surface area contributed by atoms with Crippen LogP contribution in [0.2, 0.25) is 0 Å². The van der Waals surface area contributed by atoms with E-state index in [4.69, 9.17) is 4.74 Å². The van der Waals surface area contributed by atoms with Crippen molar-refractivity contribution in [1.29, 1.82) is 0 Å². The highest BCUT2D eigenvalue weighted by atomic mass is 16.5. The van der Waals surface area contributed by atoms with Gasteiger partial charge in [-0.15, -0.1) is 0 Å². The number of nitrogens with one attached hydrogen (secondary N) is 1. The summed E-state index contributed by atoms with van der Waals surface area (Å²) in [6.45, 7) is 10.9. The summed E-state index contributed by atoms with van der Waals surface area (Å²) in [5.74, 6) is 0.747. The Kier molecular flexibility index (Phi) is 7.87. The molecule has 1 fully saturated rings. The first kappa shape index (κ1) is 15.9. The molecule has 0 spiro atoms. The average molecular weight is 256 g/mol. The van der Waals surface area contributed by atoms with Crippen molar-refractivity contribution < 1.29 is 4.74 Å². The lowest BCUT2D eigenvalue weighted by Gasteiger charge is -2.39. The molecule has 0 aromatic carbocycles. The minimum absolute atomic E-state index is 0.584. The van der Waals surface area contributed by atoms with Gasteiger partial charge in [0.2, 0.25) is 0 Å². The lowest BCUT2D eigenvalue weighted by molar-refractivity contribution is 0.0581. The van der Waals surface area contributed by atoms with Crippen molar-refractivity contribution in [3.63, 3.8) is 0 Å². The van der Waals surface area contributed by atoms with Gasteiger partial charge in [-0.25, -0.2) is 0 Å². The standard InChI is InChI=1S/C15H32N2O/c1-13(2)8-11-18-12-10-17-9-6-5-7-15(17)14(3)16-4/h13-16H,5-12H2,1-4H3. The Labute approximate surface area is 113 Å². The van der Waals surface area contributed by atoms with Gasteiger partial charge in [-0.05, 0) is 45.7 Å².